The summed E-state index contributed by atoms with van der Waals surface area (Å²) in [5, 5.41) is 2.75. The van der Waals surface area contributed by atoms with E-state index in [0.29, 0.717) is 30.2 Å². The summed E-state index contributed by atoms with van der Waals surface area (Å²) in [6, 6.07) is 4.62. The van der Waals surface area contributed by atoms with Gasteiger partial charge >= 0.3 is 5.97 Å². The molecule has 1 aromatic rings. The van der Waals surface area contributed by atoms with Crippen LogP contribution < -0.4 is 15.8 Å². The van der Waals surface area contributed by atoms with Crippen LogP contribution in [0.2, 0.25) is 0 Å². The first-order valence-electron chi connectivity index (χ1n) is 7.54. The van der Waals surface area contributed by atoms with Crippen LogP contribution in [-0.2, 0) is 9.53 Å². The third-order valence-corrected chi connectivity index (χ3v) is 2.89. The number of carbonyl (C=O) groups is 2. The van der Waals surface area contributed by atoms with Gasteiger partial charge in [0, 0.05) is 6.54 Å². The quantitative estimate of drug-likeness (QED) is 0.414. The zero-order valence-electron chi connectivity index (χ0n) is 13.2. The average molecular weight is 308 g/mol. The zero-order valence-corrected chi connectivity index (χ0v) is 13.2. The van der Waals surface area contributed by atoms with E-state index >= 15 is 0 Å². The van der Waals surface area contributed by atoms with E-state index in [0.717, 1.165) is 19.3 Å². The molecule has 0 heterocycles. The van der Waals surface area contributed by atoms with Gasteiger partial charge in [0.2, 0.25) is 0 Å². The van der Waals surface area contributed by atoms with Crippen molar-refractivity contribution in [2.24, 2.45) is 0 Å². The van der Waals surface area contributed by atoms with E-state index in [1.165, 1.54) is 6.07 Å². The van der Waals surface area contributed by atoms with E-state index in [4.69, 9.17) is 15.2 Å². The Labute approximate surface area is 131 Å². The number of unbranched alkanes of at least 4 members (excludes halogenated alkanes) is 1. The highest BCUT2D eigenvalue weighted by molar-refractivity contribution is 5.91. The summed E-state index contributed by atoms with van der Waals surface area (Å²) in [5.74, 6) is -0.241. The van der Waals surface area contributed by atoms with Crippen molar-refractivity contribution in [1.82, 2.24) is 5.32 Å². The fourth-order valence-electron chi connectivity index (χ4n) is 1.68. The molecule has 0 aliphatic heterocycles. The van der Waals surface area contributed by atoms with Crippen LogP contribution in [-0.4, -0.2) is 31.6 Å². The fourth-order valence-corrected chi connectivity index (χ4v) is 1.68. The number of nitrogen functional groups attached to an aromatic ring is 1. The Morgan fingerprint density at radius 3 is 2.64 bits per heavy atom. The van der Waals surface area contributed by atoms with E-state index in [1.54, 1.807) is 12.1 Å². The molecule has 0 unspecified atom stereocenters. The maximum atomic E-state index is 11.7. The van der Waals surface area contributed by atoms with Crippen LogP contribution in [0.25, 0.3) is 0 Å². The number of nitrogens with one attached hydrogen (secondary N) is 1. The lowest BCUT2D eigenvalue weighted by molar-refractivity contribution is -0.123. The van der Waals surface area contributed by atoms with Gasteiger partial charge < -0.3 is 20.5 Å². The van der Waals surface area contributed by atoms with Gasteiger partial charge in [0.05, 0.1) is 17.9 Å². The van der Waals surface area contributed by atoms with Crippen LogP contribution in [0.15, 0.2) is 18.2 Å². The van der Waals surface area contributed by atoms with Crippen LogP contribution in [0.1, 0.15) is 43.5 Å². The highest BCUT2D eigenvalue weighted by Gasteiger charge is 2.11. The number of hydrogen-bond donors (Lipinski definition) is 2. The van der Waals surface area contributed by atoms with Gasteiger partial charge in [-0.05, 0) is 31.0 Å². The Bertz CT molecular complexity index is 503. The summed E-state index contributed by atoms with van der Waals surface area (Å²) in [5.41, 5.74) is 6.50. The van der Waals surface area contributed by atoms with Gasteiger partial charge in [0.1, 0.15) is 5.75 Å². The second kappa shape index (κ2) is 9.65. The van der Waals surface area contributed by atoms with Gasteiger partial charge in [0.15, 0.2) is 6.61 Å². The number of rotatable bonds is 9. The lowest BCUT2D eigenvalue weighted by atomic mass is 10.2. The minimum absolute atomic E-state index is 0.104. The number of ether oxygens (including phenoxy) is 2. The molecule has 0 aliphatic carbocycles. The molecule has 1 rings (SSSR count). The van der Waals surface area contributed by atoms with Crippen LogP contribution in [0.3, 0.4) is 0 Å². The van der Waals surface area contributed by atoms with Crippen molar-refractivity contribution in [3.05, 3.63) is 23.8 Å². The van der Waals surface area contributed by atoms with Gasteiger partial charge in [-0.25, -0.2) is 4.79 Å². The molecule has 0 saturated heterocycles. The van der Waals surface area contributed by atoms with Crippen molar-refractivity contribution < 1.29 is 19.1 Å². The highest BCUT2D eigenvalue weighted by atomic mass is 16.5. The Kier molecular flexibility index (Phi) is 7.81. The number of nitrogens with two attached hydrogens (primary N) is 1. The summed E-state index contributed by atoms with van der Waals surface area (Å²) in [6.07, 6.45) is 2.71. The van der Waals surface area contributed by atoms with Gasteiger partial charge in [-0.3, -0.25) is 4.79 Å². The van der Waals surface area contributed by atoms with Crippen molar-refractivity contribution in [2.75, 3.05) is 25.5 Å². The molecule has 0 fully saturated rings. The average Bonchev–Trinajstić information content (AvgIpc) is 2.51. The summed E-state index contributed by atoms with van der Waals surface area (Å²) in [4.78, 5) is 23.2. The predicted octanol–water partition coefficient (Wildman–Crippen LogP) is 2.13. The molecule has 0 bridgehead atoms. The van der Waals surface area contributed by atoms with Gasteiger partial charge in [-0.15, -0.1) is 0 Å². The standard InChI is InChI=1S/C16H24N2O4/c1-3-5-8-18-15(19)11-22-14-7-6-12(10-13(14)17)16(20)21-9-4-2/h6-7,10H,3-5,8-9,11,17H2,1-2H3,(H,18,19). The van der Waals surface area contributed by atoms with Crippen LogP contribution in [0, 0.1) is 0 Å². The van der Waals surface area contributed by atoms with E-state index in [9.17, 15) is 9.59 Å². The third kappa shape index (κ3) is 6.03. The molecular weight excluding hydrogens is 284 g/mol. The first kappa shape index (κ1) is 17.8. The zero-order chi connectivity index (χ0) is 16.4. The fraction of sp³-hybridized carbons (Fsp3) is 0.500. The Balaban J connectivity index is 2.51. The SMILES string of the molecule is CCCCNC(=O)COc1ccc(C(=O)OCCC)cc1N. The molecule has 6 nitrogen and oxygen atoms in total. The van der Waals surface area contributed by atoms with Gasteiger partial charge in [-0.2, -0.15) is 0 Å². The van der Waals surface area contributed by atoms with Gasteiger partial charge in [0.25, 0.3) is 5.91 Å². The number of anilines is 1. The van der Waals surface area contributed by atoms with Crippen molar-refractivity contribution in [3.63, 3.8) is 0 Å². The number of amides is 1. The molecule has 1 aromatic carbocycles. The first-order valence-corrected chi connectivity index (χ1v) is 7.54. The monoisotopic (exact) mass is 308 g/mol. The Hall–Kier alpha value is -2.24. The number of carbonyl (C=O) groups excluding carboxylic acids is 2. The third-order valence-electron chi connectivity index (χ3n) is 2.89. The van der Waals surface area contributed by atoms with Crippen molar-refractivity contribution in [1.29, 1.82) is 0 Å². The lowest BCUT2D eigenvalue weighted by Gasteiger charge is -2.10. The maximum Gasteiger partial charge on any atom is 0.338 e. The second-order valence-corrected chi connectivity index (χ2v) is 4.88. The molecule has 3 N–H and O–H groups in total. The van der Waals surface area contributed by atoms with E-state index in [-0.39, 0.29) is 12.5 Å². The molecule has 22 heavy (non-hydrogen) atoms. The van der Waals surface area contributed by atoms with Crippen LogP contribution in [0.5, 0.6) is 5.75 Å². The van der Waals surface area contributed by atoms with Crippen LogP contribution in [0.4, 0.5) is 5.69 Å². The molecule has 0 aliphatic rings. The van der Waals surface area contributed by atoms with Crippen molar-refractivity contribution in [3.8, 4) is 5.75 Å². The highest BCUT2D eigenvalue weighted by Crippen LogP contribution is 2.22. The number of benzene rings is 1. The largest absolute Gasteiger partial charge is 0.482 e. The molecule has 0 saturated carbocycles. The Morgan fingerprint density at radius 1 is 1.23 bits per heavy atom. The van der Waals surface area contributed by atoms with E-state index in [1.807, 2.05) is 6.92 Å². The second-order valence-electron chi connectivity index (χ2n) is 4.88. The molecule has 0 spiro atoms. The molecule has 0 atom stereocenters. The molecule has 0 radical (unpaired) electrons. The lowest BCUT2D eigenvalue weighted by Crippen LogP contribution is -2.29. The minimum atomic E-state index is -0.419. The number of esters is 1. The molecule has 122 valence electrons. The summed E-state index contributed by atoms with van der Waals surface area (Å²) in [6.45, 7) is 4.87. The smallest absolute Gasteiger partial charge is 0.338 e. The van der Waals surface area contributed by atoms with Crippen molar-refractivity contribution >= 4 is 17.6 Å². The molecule has 0 aromatic heterocycles. The van der Waals surface area contributed by atoms with Crippen LogP contribution >= 0.6 is 0 Å². The summed E-state index contributed by atoms with van der Waals surface area (Å²) >= 11 is 0. The van der Waals surface area contributed by atoms with Gasteiger partial charge in [-0.1, -0.05) is 20.3 Å². The summed E-state index contributed by atoms with van der Waals surface area (Å²) < 4.78 is 10.4. The molecule has 6 heteroatoms. The topological polar surface area (TPSA) is 90.6 Å². The Morgan fingerprint density at radius 2 is 2.00 bits per heavy atom. The first-order chi connectivity index (χ1) is 10.6. The van der Waals surface area contributed by atoms with E-state index in [2.05, 4.69) is 12.2 Å². The van der Waals surface area contributed by atoms with E-state index < -0.39 is 5.97 Å². The minimum Gasteiger partial charge on any atom is -0.482 e. The molecular formula is C16H24N2O4. The van der Waals surface area contributed by atoms with Crippen molar-refractivity contribution in [2.45, 2.75) is 33.1 Å². The molecule has 1 amide bonds. The number of hydrogen-bond acceptors (Lipinski definition) is 5. The normalized spacial score (nSPS) is 10.1. The summed E-state index contributed by atoms with van der Waals surface area (Å²) in [7, 11) is 0. The maximum absolute atomic E-state index is 11.7. The predicted molar refractivity (Wildman–Crippen MR) is 84.8 cm³/mol.